The fraction of sp³-hybridized carbons (Fsp3) is 0.207. The average molecular weight is 548 g/mol. The molecule has 2 aliphatic rings. The molecule has 0 bridgehead atoms. The van der Waals surface area contributed by atoms with E-state index in [0.29, 0.717) is 43.3 Å². The lowest BCUT2D eigenvalue weighted by atomic mass is 10.1. The first-order valence-electron chi connectivity index (χ1n) is 12.4. The van der Waals surface area contributed by atoms with Crippen LogP contribution in [0.4, 0.5) is 20.6 Å². The number of carbonyl (C=O) groups excluding carboxylic acids is 3. The second-order valence-electron chi connectivity index (χ2n) is 8.89. The third-order valence-electron chi connectivity index (χ3n) is 6.22. The lowest BCUT2D eigenvalue weighted by Crippen LogP contribution is -2.38. The Morgan fingerprint density at radius 1 is 1.00 bits per heavy atom. The highest BCUT2D eigenvalue weighted by Crippen LogP contribution is 2.34. The molecule has 1 N–H and O–H groups in total. The maximum atomic E-state index is 13.2. The number of para-hydroxylation sites is 3. The van der Waals surface area contributed by atoms with Gasteiger partial charge in [0.1, 0.15) is 24.7 Å². The molecule has 8 nitrogen and oxygen atoms in total. The van der Waals surface area contributed by atoms with Gasteiger partial charge in [0.2, 0.25) is 5.91 Å². The molecule has 0 radical (unpaired) electrons. The van der Waals surface area contributed by atoms with Gasteiger partial charge in [-0.15, -0.1) is 0 Å². The minimum absolute atomic E-state index is 0.194. The minimum Gasteiger partial charge on any atom is -0.488 e. The summed E-state index contributed by atoms with van der Waals surface area (Å²) in [5.74, 6) is -0.840. The number of nitrogens with one attached hydrogen (secondary N) is 1. The van der Waals surface area contributed by atoms with Gasteiger partial charge in [-0.25, -0.2) is 4.39 Å². The number of thioether (sulfide) groups is 1. The Balaban J connectivity index is 1.25. The SMILES string of the molecule is O=C(CN1C(=O)S/C(=C\c2ccccc2OCc2ccc(F)cc2)C1=O)Nc1ccccc1N1CCOCC1. The first-order valence-corrected chi connectivity index (χ1v) is 13.2. The zero-order chi connectivity index (χ0) is 27.2. The Morgan fingerprint density at radius 2 is 1.72 bits per heavy atom. The van der Waals surface area contributed by atoms with Crippen LogP contribution in [0.1, 0.15) is 11.1 Å². The molecule has 200 valence electrons. The zero-order valence-corrected chi connectivity index (χ0v) is 21.8. The Morgan fingerprint density at radius 3 is 2.51 bits per heavy atom. The van der Waals surface area contributed by atoms with Crippen LogP contribution in [0.15, 0.2) is 77.7 Å². The Hall–Kier alpha value is -4.15. The van der Waals surface area contributed by atoms with Crippen molar-refractivity contribution in [2.75, 3.05) is 43.1 Å². The predicted octanol–water partition coefficient (Wildman–Crippen LogP) is 4.92. The monoisotopic (exact) mass is 547 g/mol. The number of morpholine rings is 1. The van der Waals surface area contributed by atoms with E-state index in [9.17, 15) is 18.8 Å². The molecule has 2 aliphatic heterocycles. The van der Waals surface area contributed by atoms with Gasteiger partial charge < -0.3 is 19.7 Å². The normalized spacial score (nSPS) is 16.6. The van der Waals surface area contributed by atoms with Crippen molar-refractivity contribution in [2.24, 2.45) is 0 Å². The molecule has 0 saturated carbocycles. The van der Waals surface area contributed by atoms with Gasteiger partial charge in [0, 0.05) is 18.7 Å². The number of imide groups is 1. The van der Waals surface area contributed by atoms with E-state index in [0.717, 1.165) is 27.9 Å². The molecule has 2 heterocycles. The largest absolute Gasteiger partial charge is 0.488 e. The lowest BCUT2D eigenvalue weighted by molar-refractivity contribution is -0.127. The summed E-state index contributed by atoms with van der Waals surface area (Å²) in [5.41, 5.74) is 2.86. The van der Waals surface area contributed by atoms with Crippen LogP contribution in [0.25, 0.3) is 6.08 Å². The number of halogens is 1. The van der Waals surface area contributed by atoms with Crippen LogP contribution >= 0.6 is 11.8 Å². The average Bonchev–Trinajstić information content (AvgIpc) is 3.21. The van der Waals surface area contributed by atoms with Crippen LogP contribution in [-0.4, -0.2) is 54.8 Å². The second-order valence-corrected chi connectivity index (χ2v) is 9.88. The fourth-order valence-corrected chi connectivity index (χ4v) is 5.07. The van der Waals surface area contributed by atoms with Crippen molar-refractivity contribution in [3.05, 3.63) is 94.6 Å². The predicted molar refractivity (Wildman–Crippen MR) is 148 cm³/mol. The van der Waals surface area contributed by atoms with Crippen LogP contribution in [-0.2, 0) is 20.9 Å². The molecule has 3 amide bonds. The molecule has 10 heteroatoms. The summed E-state index contributed by atoms with van der Waals surface area (Å²) in [5, 5.41) is 2.32. The molecular formula is C29H26FN3O5S. The van der Waals surface area contributed by atoms with Gasteiger partial charge in [0.05, 0.1) is 29.5 Å². The number of rotatable bonds is 8. The summed E-state index contributed by atoms with van der Waals surface area (Å²) >= 11 is 0.775. The molecule has 3 aromatic carbocycles. The summed E-state index contributed by atoms with van der Waals surface area (Å²) in [6.45, 7) is 2.42. The van der Waals surface area contributed by atoms with E-state index in [1.165, 1.54) is 12.1 Å². The van der Waals surface area contributed by atoms with Crippen LogP contribution in [0.3, 0.4) is 0 Å². The van der Waals surface area contributed by atoms with Gasteiger partial charge in [-0.1, -0.05) is 42.5 Å². The van der Waals surface area contributed by atoms with E-state index >= 15 is 0 Å². The van der Waals surface area contributed by atoms with Crippen molar-refractivity contribution in [1.82, 2.24) is 4.90 Å². The molecule has 2 fully saturated rings. The molecule has 0 spiro atoms. The molecular weight excluding hydrogens is 521 g/mol. The third-order valence-corrected chi connectivity index (χ3v) is 7.13. The molecule has 3 aromatic rings. The van der Waals surface area contributed by atoms with Crippen LogP contribution in [0, 0.1) is 5.82 Å². The number of anilines is 2. The molecule has 0 unspecified atom stereocenters. The minimum atomic E-state index is -0.546. The number of nitrogens with zero attached hydrogens (tertiary/aromatic N) is 2. The van der Waals surface area contributed by atoms with Crippen LogP contribution < -0.4 is 15.0 Å². The van der Waals surface area contributed by atoms with Gasteiger partial charge in [0.15, 0.2) is 0 Å². The van der Waals surface area contributed by atoms with Crippen molar-refractivity contribution < 1.29 is 28.2 Å². The standard InChI is InChI=1S/C29H26FN3O5S/c30-22-11-9-20(10-12-22)19-38-25-8-4-1-5-21(25)17-26-28(35)33(29(36)39-26)18-27(34)31-23-6-2-3-7-24(23)32-13-15-37-16-14-32/h1-12,17H,13-16,18-19H2,(H,31,34)/b26-17-. The topological polar surface area (TPSA) is 88.2 Å². The number of carbonyl (C=O) groups is 3. The summed E-state index contributed by atoms with van der Waals surface area (Å²) in [6, 6.07) is 20.5. The molecule has 39 heavy (non-hydrogen) atoms. The number of hydrogen-bond donors (Lipinski definition) is 1. The van der Waals surface area contributed by atoms with Crippen molar-refractivity contribution in [3.63, 3.8) is 0 Å². The Bertz CT molecular complexity index is 1410. The number of amides is 3. The van der Waals surface area contributed by atoms with E-state index in [1.807, 2.05) is 18.2 Å². The molecule has 2 saturated heterocycles. The summed E-state index contributed by atoms with van der Waals surface area (Å²) < 4.78 is 24.5. The number of hydrogen-bond acceptors (Lipinski definition) is 7. The van der Waals surface area contributed by atoms with Crippen molar-refractivity contribution >= 4 is 46.3 Å². The first-order chi connectivity index (χ1) is 19.0. The van der Waals surface area contributed by atoms with Crippen molar-refractivity contribution in [1.29, 1.82) is 0 Å². The lowest BCUT2D eigenvalue weighted by Gasteiger charge is -2.30. The summed E-state index contributed by atoms with van der Waals surface area (Å²) in [7, 11) is 0. The molecule has 0 aliphatic carbocycles. The van der Waals surface area contributed by atoms with Gasteiger partial charge >= 0.3 is 0 Å². The zero-order valence-electron chi connectivity index (χ0n) is 21.0. The highest BCUT2D eigenvalue weighted by molar-refractivity contribution is 8.18. The van der Waals surface area contributed by atoms with Crippen molar-refractivity contribution in [3.8, 4) is 5.75 Å². The smallest absolute Gasteiger partial charge is 0.294 e. The van der Waals surface area contributed by atoms with Crippen LogP contribution in [0.2, 0.25) is 0 Å². The van der Waals surface area contributed by atoms with E-state index in [2.05, 4.69) is 10.2 Å². The molecule has 0 aromatic heterocycles. The molecule has 5 rings (SSSR count). The van der Waals surface area contributed by atoms with E-state index in [4.69, 9.17) is 9.47 Å². The second kappa shape index (κ2) is 12.1. The van der Waals surface area contributed by atoms with E-state index < -0.39 is 23.6 Å². The van der Waals surface area contributed by atoms with Gasteiger partial charge in [-0.3, -0.25) is 19.3 Å². The Kier molecular flexibility index (Phi) is 8.24. The highest BCUT2D eigenvalue weighted by atomic mass is 32.2. The van der Waals surface area contributed by atoms with Gasteiger partial charge in [0.25, 0.3) is 11.1 Å². The summed E-state index contributed by atoms with van der Waals surface area (Å²) in [4.78, 5) is 41.9. The van der Waals surface area contributed by atoms with E-state index in [1.54, 1.807) is 48.5 Å². The quantitative estimate of drug-likeness (QED) is 0.401. The number of ether oxygens (including phenoxy) is 2. The first kappa shape index (κ1) is 26.5. The highest BCUT2D eigenvalue weighted by Gasteiger charge is 2.36. The maximum Gasteiger partial charge on any atom is 0.294 e. The van der Waals surface area contributed by atoms with E-state index in [-0.39, 0.29) is 17.3 Å². The third kappa shape index (κ3) is 6.47. The molecule has 0 atom stereocenters. The Labute approximate surface area is 229 Å². The van der Waals surface area contributed by atoms with Crippen LogP contribution in [0.5, 0.6) is 5.75 Å². The van der Waals surface area contributed by atoms with Gasteiger partial charge in [-0.2, -0.15) is 0 Å². The fourth-order valence-electron chi connectivity index (χ4n) is 4.24. The van der Waals surface area contributed by atoms with Gasteiger partial charge in [-0.05, 0) is 53.7 Å². The maximum absolute atomic E-state index is 13.2. The van der Waals surface area contributed by atoms with Crippen molar-refractivity contribution in [2.45, 2.75) is 6.61 Å². The number of benzene rings is 3. The summed E-state index contributed by atoms with van der Waals surface area (Å²) in [6.07, 6.45) is 1.58.